The first-order valence-corrected chi connectivity index (χ1v) is 10.1. The van der Waals surface area contributed by atoms with Crippen molar-refractivity contribution in [3.05, 3.63) is 70.3 Å². The molecular formula is C24H26F6O2. The number of aryl methyl sites for hydroxylation is 2. The van der Waals surface area contributed by atoms with E-state index < -0.39 is 23.4 Å². The third-order valence-corrected chi connectivity index (χ3v) is 6.15. The van der Waals surface area contributed by atoms with E-state index >= 15 is 0 Å². The molecule has 0 aromatic heterocycles. The number of phenols is 1. The average molecular weight is 460 g/mol. The van der Waals surface area contributed by atoms with Crippen LogP contribution in [-0.2, 0) is 5.41 Å². The van der Waals surface area contributed by atoms with Crippen molar-refractivity contribution >= 4 is 6.08 Å². The van der Waals surface area contributed by atoms with Crippen LogP contribution in [-0.4, -0.2) is 28.2 Å². The van der Waals surface area contributed by atoms with E-state index in [9.17, 15) is 36.6 Å². The van der Waals surface area contributed by atoms with Gasteiger partial charge in [0.2, 0.25) is 0 Å². The van der Waals surface area contributed by atoms with Crippen molar-refractivity contribution in [2.45, 2.75) is 63.9 Å². The second-order valence-corrected chi connectivity index (χ2v) is 7.96. The minimum absolute atomic E-state index is 0.128. The number of phenolic OH excluding ortho intramolecular Hbond substituents is 1. The number of hydrogen-bond donors (Lipinski definition) is 2. The predicted molar refractivity (Wildman–Crippen MR) is 111 cm³/mol. The van der Waals surface area contributed by atoms with Gasteiger partial charge in [-0.15, -0.1) is 0 Å². The van der Waals surface area contributed by atoms with Gasteiger partial charge >= 0.3 is 12.4 Å². The molecule has 0 aliphatic rings. The quantitative estimate of drug-likeness (QED) is 0.457. The van der Waals surface area contributed by atoms with E-state index in [1.54, 1.807) is 32.0 Å². The van der Waals surface area contributed by atoms with E-state index in [4.69, 9.17) is 0 Å². The lowest BCUT2D eigenvalue weighted by Crippen LogP contribution is -2.55. The molecule has 32 heavy (non-hydrogen) atoms. The summed E-state index contributed by atoms with van der Waals surface area (Å²) in [5, 5.41) is 19.2. The highest BCUT2D eigenvalue weighted by molar-refractivity contribution is 5.57. The maximum Gasteiger partial charge on any atom is 0.430 e. The summed E-state index contributed by atoms with van der Waals surface area (Å²) in [6.45, 7) is 7.33. The Morgan fingerprint density at radius 3 is 1.66 bits per heavy atom. The van der Waals surface area contributed by atoms with Crippen molar-refractivity contribution in [2.75, 3.05) is 0 Å². The summed E-state index contributed by atoms with van der Waals surface area (Å²) in [7, 11) is 0. The molecule has 176 valence electrons. The largest absolute Gasteiger partial charge is 0.508 e. The fourth-order valence-corrected chi connectivity index (χ4v) is 3.91. The smallest absolute Gasteiger partial charge is 0.430 e. The van der Waals surface area contributed by atoms with E-state index in [-0.39, 0.29) is 17.4 Å². The van der Waals surface area contributed by atoms with Gasteiger partial charge in [0.15, 0.2) is 0 Å². The molecule has 0 spiro atoms. The molecule has 0 radical (unpaired) electrons. The Hall–Kier alpha value is -2.48. The van der Waals surface area contributed by atoms with Crippen LogP contribution in [0.4, 0.5) is 26.3 Å². The van der Waals surface area contributed by atoms with Crippen LogP contribution in [0, 0.1) is 13.8 Å². The van der Waals surface area contributed by atoms with Crippen LogP contribution in [0.15, 0.2) is 42.5 Å². The molecule has 2 aromatic rings. The lowest BCUT2D eigenvalue weighted by atomic mass is 9.70. The van der Waals surface area contributed by atoms with E-state index in [1.807, 2.05) is 26.0 Å². The molecule has 2 aromatic carbocycles. The van der Waals surface area contributed by atoms with Crippen LogP contribution in [0.5, 0.6) is 5.75 Å². The zero-order valence-electron chi connectivity index (χ0n) is 18.2. The SMILES string of the molecule is CCC(CC)(c1ccc(O)c(C)c1)c1ccc(C=CC(O)(C(F)(F)F)C(F)(F)F)c(C)c1. The van der Waals surface area contributed by atoms with Gasteiger partial charge in [-0.3, -0.25) is 0 Å². The molecule has 8 heteroatoms. The molecule has 0 fully saturated rings. The van der Waals surface area contributed by atoms with Gasteiger partial charge in [-0.05, 0) is 66.6 Å². The maximum atomic E-state index is 12.9. The van der Waals surface area contributed by atoms with Gasteiger partial charge in [-0.2, -0.15) is 26.3 Å². The second-order valence-electron chi connectivity index (χ2n) is 7.96. The first kappa shape index (κ1) is 25.8. The lowest BCUT2D eigenvalue weighted by Gasteiger charge is -2.34. The third kappa shape index (κ3) is 4.51. The Labute approximate surface area is 183 Å². The highest BCUT2D eigenvalue weighted by Crippen LogP contribution is 2.45. The molecule has 0 aliphatic heterocycles. The van der Waals surface area contributed by atoms with Crippen molar-refractivity contribution < 1.29 is 36.6 Å². The Morgan fingerprint density at radius 2 is 1.25 bits per heavy atom. The summed E-state index contributed by atoms with van der Waals surface area (Å²) in [5.74, 6) is 0.160. The van der Waals surface area contributed by atoms with Gasteiger partial charge in [0, 0.05) is 5.41 Å². The van der Waals surface area contributed by atoms with Gasteiger partial charge in [-0.25, -0.2) is 0 Å². The van der Waals surface area contributed by atoms with Crippen LogP contribution >= 0.6 is 0 Å². The van der Waals surface area contributed by atoms with Crippen LogP contribution in [0.1, 0.15) is 54.5 Å². The molecule has 0 heterocycles. The lowest BCUT2D eigenvalue weighted by molar-refractivity contribution is -0.347. The Kier molecular flexibility index (Phi) is 7.10. The number of hydrogen-bond acceptors (Lipinski definition) is 2. The topological polar surface area (TPSA) is 40.5 Å². The highest BCUT2D eigenvalue weighted by atomic mass is 19.4. The van der Waals surface area contributed by atoms with Crippen LogP contribution in [0.2, 0.25) is 0 Å². The Morgan fingerprint density at radius 1 is 0.781 bits per heavy atom. The molecule has 2 N–H and O–H groups in total. The first-order valence-electron chi connectivity index (χ1n) is 10.1. The fraction of sp³-hybridized carbons (Fsp3) is 0.417. The van der Waals surface area contributed by atoms with E-state index in [0.717, 1.165) is 11.1 Å². The molecule has 0 unspecified atom stereocenters. The summed E-state index contributed by atoms with van der Waals surface area (Å²) in [6, 6.07) is 10.1. The maximum absolute atomic E-state index is 12.9. The Bertz CT molecular complexity index is 971. The van der Waals surface area contributed by atoms with Crippen LogP contribution in [0.3, 0.4) is 0 Å². The van der Waals surface area contributed by atoms with Crippen LogP contribution in [0.25, 0.3) is 6.08 Å². The number of halogens is 6. The monoisotopic (exact) mass is 460 g/mol. The first-order chi connectivity index (χ1) is 14.6. The van der Waals surface area contributed by atoms with Crippen molar-refractivity contribution in [2.24, 2.45) is 0 Å². The number of aliphatic hydroxyl groups is 1. The zero-order valence-corrected chi connectivity index (χ0v) is 18.2. The molecule has 0 saturated carbocycles. The molecule has 2 nitrogen and oxygen atoms in total. The third-order valence-electron chi connectivity index (χ3n) is 6.15. The molecule has 0 bridgehead atoms. The fourth-order valence-electron chi connectivity index (χ4n) is 3.91. The number of rotatable bonds is 6. The minimum Gasteiger partial charge on any atom is -0.508 e. The van der Waals surface area contributed by atoms with Gasteiger partial charge in [0.1, 0.15) is 5.75 Å². The van der Waals surface area contributed by atoms with Gasteiger partial charge in [0.25, 0.3) is 5.60 Å². The summed E-state index contributed by atoms with van der Waals surface area (Å²) >= 11 is 0. The minimum atomic E-state index is -5.91. The second kappa shape index (κ2) is 8.81. The molecule has 0 aliphatic carbocycles. The standard InChI is InChI=1S/C24H26F6O2/c1-5-21(6-2,19-9-10-20(31)16(4)14-19)18-8-7-17(15(3)13-18)11-12-22(32,23(25,26)27)24(28,29)30/h7-14,31-32H,5-6H2,1-4H3. The number of alkyl halides is 6. The number of aromatic hydroxyl groups is 1. The zero-order chi connectivity index (χ0) is 24.5. The van der Waals surface area contributed by atoms with Gasteiger partial charge in [-0.1, -0.05) is 50.3 Å². The van der Waals surface area contributed by atoms with Crippen molar-refractivity contribution in [3.63, 3.8) is 0 Å². The molecule has 0 atom stereocenters. The van der Waals surface area contributed by atoms with Crippen molar-refractivity contribution in [3.8, 4) is 5.75 Å². The molecule has 0 amide bonds. The Balaban J connectivity index is 2.54. The average Bonchev–Trinajstić information content (AvgIpc) is 2.69. The molecule has 2 rings (SSSR count). The van der Waals surface area contributed by atoms with Gasteiger partial charge in [0.05, 0.1) is 0 Å². The summed E-state index contributed by atoms with van der Waals surface area (Å²) in [5.41, 5.74) is -2.30. The normalized spacial score (nSPS) is 13.7. The predicted octanol–water partition coefficient (Wildman–Crippen LogP) is 6.98. The number of benzene rings is 2. The molecule has 0 saturated heterocycles. The van der Waals surface area contributed by atoms with Crippen molar-refractivity contribution in [1.82, 2.24) is 0 Å². The van der Waals surface area contributed by atoms with Crippen LogP contribution < -0.4 is 0 Å². The van der Waals surface area contributed by atoms with E-state index in [1.165, 1.54) is 6.07 Å². The molecular weight excluding hydrogens is 434 g/mol. The van der Waals surface area contributed by atoms with Gasteiger partial charge < -0.3 is 10.2 Å². The summed E-state index contributed by atoms with van der Waals surface area (Å²) in [4.78, 5) is 0. The van der Waals surface area contributed by atoms with E-state index in [2.05, 4.69) is 0 Å². The van der Waals surface area contributed by atoms with Crippen molar-refractivity contribution in [1.29, 1.82) is 0 Å². The summed E-state index contributed by atoms with van der Waals surface area (Å²) < 4.78 is 77.6. The summed E-state index contributed by atoms with van der Waals surface area (Å²) in [6.07, 6.45) is -10.1. The highest BCUT2D eigenvalue weighted by Gasteiger charge is 2.68. The van der Waals surface area contributed by atoms with E-state index in [0.29, 0.717) is 30.0 Å².